The molecule has 0 bridgehead atoms. The molecule has 1 atom stereocenters. The maximum Gasteiger partial charge on any atom is 0.335 e. The van der Waals surface area contributed by atoms with E-state index in [2.05, 4.69) is 10.6 Å². The molecule has 1 saturated heterocycles. The smallest absolute Gasteiger partial charge is 0.335 e. The Morgan fingerprint density at radius 2 is 1.86 bits per heavy atom. The standard InChI is InChI=1S/C21H19N3O5/c1-2-16(22-15-10-6-9-14(11-15)20(27)28)17-18(25)23-21(29)24(19(17)26)12-13-7-4-3-5-8-13/h2-11,17,22H,12H2,1H3,(H,27,28)(H,23,25,29)/b16-2+/t17-/m1/s1. The number of benzene rings is 2. The van der Waals surface area contributed by atoms with E-state index in [-0.39, 0.29) is 17.8 Å². The van der Waals surface area contributed by atoms with Crippen molar-refractivity contribution in [3.05, 3.63) is 77.5 Å². The predicted molar refractivity (Wildman–Crippen MR) is 105 cm³/mol. The van der Waals surface area contributed by atoms with Crippen LogP contribution >= 0.6 is 0 Å². The molecule has 0 spiro atoms. The molecule has 2 aromatic carbocycles. The van der Waals surface area contributed by atoms with Gasteiger partial charge in [-0.3, -0.25) is 19.8 Å². The van der Waals surface area contributed by atoms with Crippen LogP contribution in [0.4, 0.5) is 10.5 Å². The molecule has 1 aliphatic rings. The van der Waals surface area contributed by atoms with Gasteiger partial charge >= 0.3 is 12.0 Å². The van der Waals surface area contributed by atoms with Crippen LogP contribution in [0.5, 0.6) is 0 Å². The molecule has 0 radical (unpaired) electrons. The first kappa shape index (κ1) is 19.8. The van der Waals surface area contributed by atoms with Crippen molar-refractivity contribution in [2.45, 2.75) is 13.5 Å². The molecule has 0 unspecified atom stereocenters. The highest BCUT2D eigenvalue weighted by Gasteiger charge is 2.42. The zero-order valence-corrected chi connectivity index (χ0v) is 15.6. The summed E-state index contributed by atoms with van der Waals surface area (Å²) in [6.45, 7) is 1.67. The number of nitrogens with zero attached hydrogens (tertiary/aromatic N) is 1. The Labute approximate surface area is 166 Å². The maximum absolute atomic E-state index is 13.0. The van der Waals surface area contributed by atoms with Crippen LogP contribution in [-0.2, 0) is 16.1 Å². The lowest BCUT2D eigenvalue weighted by molar-refractivity contribution is -0.141. The average molecular weight is 393 g/mol. The number of amides is 4. The number of nitrogens with one attached hydrogen (secondary N) is 2. The summed E-state index contributed by atoms with van der Waals surface area (Å²) < 4.78 is 0. The first-order chi connectivity index (χ1) is 13.9. The third-order valence-electron chi connectivity index (χ3n) is 4.45. The van der Waals surface area contributed by atoms with Crippen LogP contribution in [0.3, 0.4) is 0 Å². The number of anilines is 1. The number of allylic oxidation sites excluding steroid dienone is 1. The number of aromatic carboxylic acids is 1. The molecule has 1 fully saturated rings. The minimum atomic E-state index is -1.25. The topological polar surface area (TPSA) is 116 Å². The highest BCUT2D eigenvalue weighted by molar-refractivity contribution is 6.18. The van der Waals surface area contributed by atoms with Gasteiger partial charge in [0.25, 0.3) is 0 Å². The normalized spacial score (nSPS) is 17.1. The van der Waals surface area contributed by atoms with Crippen molar-refractivity contribution >= 4 is 29.5 Å². The van der Waals surface area contributed by atoms with E-state index < -0.39 is 29.7 Å². The Bertz CT molecular complexity index is 1000. The van der Waals surface area contributed by atoms with Gasteiger partial charge < -0.3 is 10.4 Å². The number of rotatable bonds is 6. The van der Waals surface area contributed by atoms with Crippen molar-refractivity contribution in [2.75, 3.05) is 5.32 Å². The van der Waals surface area contributed by atoms with E-state index in [0.29, 0.717) is 5.69 Å². The lowest BCUT2D eigenvalue weighted by Crippen LogP contribution is -2.58. The van der Waals surface area contributed by atoms with Crippen molar-refractivity contribution in [1.29, 1.82) is 0 Å². The van der Waals surface area contributed by atoms with Gasteiger partial charge in [-0.15, -0.1) is 0 Å². The van der Waals surface area contributed by atoms with Gasteiger partial charge in [0.05, 0.1) is 12.1 Å². The second-order valence-electron chi connectivity index (χ2n) is 6.39. The minimum Gasteiger partial charge on any atom is -0.478 e. The second kappa shape index (κ2) is 8.39. The first-order valence-corrected chi connectivity index (χ1v) is 8.87. The molecule has 29 heavy (non-hydrogen) atoms. The predicted octanol–water partition coefficient (Wildman–Crippen LogP) is 2.60. The number of hydrogen-bond donors (Lipinski definition) is 3. The summed E-state index contributed by atoms with van der Waals surface area (Å²) in [5.74, 6) is -3.74. The Balaban J connectivity index is 1.85. The number of carbonyl (C=O) groups is 4. The van der Waals surface area contributed by atoms with E-state index in [0.717, 1.165) is 10.5 Å². The van der Waals surface area contributed by atoms with E-state index >= 15 is 0 Å². The largest absolute Gasteiger partial charge is 0.478 e. The molecule has 1 heterocycles. The molecule has 0 aromatic heterocycles. The lowest BCUT2D eigenvalue weighted by atomic mass is 9.99. The number of carboxylic acids is 1. The fourth-order valence-electron chi connectivity index (χ4n) is 3.01. The minimum absolute atomic E-state index is 0.0286. The van der Waals surface area contributed by atoms with E-state index in [1.165, 1.54) is 12.1 Å². The van der Waals surface area contributed by atoms with Gasteiger partial charge in [0, 0.05) is 11.4 Å². The fourth-order valence-corrected chi connectivity index (χ4v) is 3.01. The number of carbonyl (C=O) groups excluding carboxylic acids is 3. The van der Waals surface area contributed by atoms with Crippen LogP contribution in [0.1, 0.15) is 22.8 Å². The summed E-state index contributed by atoms with van der Waals surface area (Å²) in [5, 5.41) is 14.3. The van der Waals surface area contributed by atoms with Crippen LogP contribution in [0, 0.1) is 5.92 Å². The lowest BCUT2D eigenvalue weighted by Gasteiger charge is -2.31. The van der Waals surface area contributed by atoms with Crippen LogP contribution in [-0.4, -0.2) is 33.8 Å². The molecule has 3 N–H and O–H groups in total. The van der Waals surface area contributed by atoms with Gasteiger partial charge in [-0.1, -0.05) is 42.5 Å². The van der Waals surface area contributed by atoms with Crippen molar-refractivity contribution in [1.82, 2.24) is 10.2 Å². The number of imide groups is 2. The molecule has 1 aliphatic heterocycles. The van der Waals surface area contributed by atoms with E-state index in [9.17, 15) is 19.2 Å². The zero-order chi connectivity index (χ0) is 21.0. The van der Waals surface area contributed by atoms with Crippen LogP contribution in [0.15, 0.2) is 66.4 Å². The van der Waals surface area contributed by atoms with Crippen LogP contribution in [0.25, 0.3) is 0 Å². The molecular formula is C21H19N3O5. The van der Waals surface area contributed by atoms with Crippen molar-refractivity contribution in [3.63, 3.8) is 0 Å². The fraction of sp³-hybridized carbons (Fsp3) is 0.143. The number of barbiturate groups is 1. The van der Waals surface area contributed by atoms with E-state index in [1.807, 2.05) is 6.07 Å². The van der Waals surface area contributed by atoms with Gasteiger partial charge in [0.1, 0.15) is 0 Å². The third kappa shape index (κ3) is 4.32. The van der Waals surface area contributed by atoms with Gasteiger partial charge in [0.15, 0.2) is 5.92 Å². The van der Waals surface area contributed by atoms with Gasteiger partial charge in [0.2, 0.25) is 11.8 Å². The first-order valence-electron chi connectivity index (χ1n) is 8.87. The van der Waals surface area contributed by atoms with E-state index in [1.54, 1.807) is 49.4 Å². The molecule has 4 amide bonds. The molecule has 8 nitrogen and oxygen atoms in total. The number of carboxylic acid groups (broad SMARTS) is 1. The Kier molecular flexibility index (Phi) is 5.73. The molecule has 3 rings (SSSR count). The van der Waals surface area contributed by atoms with Gasteiger partial charge in [-0.05, 0) is 30.7 Å². The molecule has 8 heteroatoms. The number of urea groups is 1. The van der Waals surface area contributed by atoms with Crippen LogP contribution < -0.4 is 10.6 Å². The monoisotopic (exact) mass is 393 g/mol. The quantitative estimate of drug-likeness (QED) is 0.650. The Morgan fingerprint density at radius 3 is 2.52 bits per heavy atom. The average Bonchev–Trinajstić information content (AvgIpc) is 2.71. The molecule has 0 saturated carbocycles. The summed E-state index contributed by atoms with van der Waals surface area (Å²) in [6, 6.07) is 14.2. The third-order valence-corrected chi connectivity index (χ3v) is 4.45. The summed E-state index contributed by atoms with van der Waals surface area (Å²) in [4.78, 5) is 49.8. The highest BCUT2D eigenvalue weighted by Crippen LogP contribution is 2.23. The molecular weight excluding hydrogens is 374 g/mol. The Morgan fingerprint density at radius 1 is 1.14 bits per heavy atom. The van der Waals surface area contributed by atoms with E-state index in [4.69, 9.17) is 5.11 Å². The second-order valence-corrected chi connectivity index (χ2v) is 6.39. The van der Waals surface area contributed by atoms with Gasteiger partial charge in [-0.2, -0.15) is 0 Å². The summed E-state index contributed by atoms with van der Waals surface area (Å²) in [7, 11) is 0. The Hall–Kier alpha value is -3.94. The SMILES string of the molecule is C/C=C(/Nc1cccc(C(=O)O)c1)[C@@H]1C(=O)NC(=O)N(Cc2ccccc2)C1=O. The number of hydrogen-bond acceptors (Lipinski definition) is 5. The van der Waals surface area contributed by atoms with Crippen molar-refractivity contribution in [2.24, 2.45) is 5.92 Å². The van der Waals surface area contributed by atoms with Crippen molar-refractivity contribution < 1.29 is 24.3 Å². The highest BCUT2D eigenvalue weighted by atomic mass is 16.4. The van der Waals surface area contributed by atoms with Crippen molar-refractivity contribution in [3.8, 4) is 0 Å². The maximum atomic E-state index is 13.0. The summed E-state index contributed by atoms with van der Waals surface area (Å²) in [6.07, 6.45) is 1.55. The summed E-state index contributed by atoms with van der Waals surface area (Å²) in [5.41, 5.74) is 1.46. The molecule has 2 aromatic rings. The van der Waals surface area contributed by atoms with Crippen LogP contribution in [0.2, 0.25) is 0 Å². The molecule has 148 valence electrons. The van der Waals surface area contributed by atoms with Gasteiger partial charge in [-0.25, -0.2) is 9.59 Å². The molecule has 0 aliphatic carbocycles. The summed E-state index contributed by atoms with van der Waals surface area (Å²) >= 11 is 0. The zero-order valence-electron chi connectivity index (χ0n) is 15.6.